The van der Waals surface area contributed by atoms with E-state index in [1.54, 1.807) is 17.5 Å². The lowest BCUT2D eigenvalue weighted by atomic mass is 10.4. The SMILES string of the molecule is O=C(O)c1cc(OCc2nnc(-c3ccco3)o2)cs1. The number of carboxylic acid groups (broad SMARTS) is 1. The Labute approximate surface area is 116 Å². The van der Waals surface area contributed by atoms with Gasteiger partial charge in [-0.3, -0.25) is 0 Å². The molecule has 0 amide bonds. The van der Waals surface area contributed by atoms with E-state index >= 15 is 0 Å². The Morgan fingerprint density at radius 1 is 1.45 bits per heavy atom. The van der Waals surface area contributed by atoms with Gasteiger partial charge in [-0.25, -0.2) is 4.79 Å². The van der Waals surface area contributed by atoms with E-state index in [2.05, 4.69) is 10.2 Å². The summed E-state index contributed by atoms with van der Waals surface area (Å²) in [6.07, 6.45) is 1.51. The van der Waals surface area contributed by atoms with E-state index in [9.17, 15) is 4.79 Å². The summed E-state index contributed by atoms with van der Waals surface area (Å²) in [6.45, 7) is 0.0590. The highest BCUT2D eigenvalue weighted by molar-refractivity contribution is 7.12. The van der Waals surface area contributed by atoms with E-state index in [1.165, 1.54) is 12.3 Å². The van der Waals surface area contributed by atoms with Gasteiger partial charge in [0.05, 0.1) is 6.26 Å². The Morgan fingerprint density at radius 3 is 3.05 bits per heavy atom. The number of hydrogen-bond donors (Lipinski definition) is 1. The second-order valence-corrected chi connectivity index (χ2v) is 4.63. The van der Waals surface area contributed by atoms with Crippen molar-refractivity contribution in [1.29, 1.82) is 0 Å². The Balaban J connectivity index is 1.65. The second kappa shape index (κ2) is 5.17. The molecule has 3 rings (SSSR count). The monoisotopic (exact) mass is 292 g/mol. The van der Waals surface area contributed by atoms with Gasteiger partial charge >= 0.3 is 5.97 Å². The minimum absolute atomic E-state index is 0.0590. The average Bonchev–Trinajstić information content (AvgIpc) is 3.17. The van der Waals surface area contributed by atoms with Crippen molar-refractivity contribution in [2.24, 2.45) is 0 Å². The molecule has 1 N–H and O–H groups in total. The van der Waals surface area contributed by atoms with Gasteiger partial charge in [0.25, 0.3) is 11.8 Å². The van der Waals surface area contributed by atoms with Gasteiger partial charge in [0, 0.05) is 11.4 Å². The van der Waals surface area contributed by atoms with Crippen LogP contribution in [0.4, 0.5) is 0 Å². The second-order valence-electron chi connectivity index (χ2n) is 3.72. The number of carboxylic acids is 1. The molecule has 20 heavy (non-hydrogen) atoms. The van der Waals surface area contributed by atoms with Crippen molar-refractivity contribution < 1.29 is 23.5 Å². The first-order valence-corrected chi connectivity index (χ1v) is 6.41. The molecule has 7 nitrogen and oxygen atoms in total. The molecule has 0 spiro atoms. The minimum atomic E-state index is -0.984. The number of rotatable bonds is 5. The highest BCUT2D eigenvalue weighted by Crippen LogP contribution is 2.23. The molecule has 0 aliphatic heterocycles. The van der Waals surface area contributed by atoms with E-state index in [0.29, 0.717) is 11.5 Å². The van der Waals surface area contributed by atoms with Gasteiger partial charge in [0.1, 0.15) is 10.6 Å². The molecule has 8 heteroatoms. The summed E-state index contributed by atoms with van der Waals surface area (Å²) in [6, 6.07) is 4.86. The summed E-state index contributed by atoms with van der Waals surface area (Å²) in [5.41, 5.74) is 0. The van der Waals surface area contributed by atoms with E-state index in [1.807, 2.05) is 0 Å². The molecule has 3 aromatic rings. The first-order valence-electron chi connectivity index (χ1n) is 5.53. The third-order valence-corrected chi connectivity index (χ3v) is 3.24. The zero-order valence-electron chi connectivity index (χ0n) is 9.98. The third kappa shape index (κ3) is 2.54. The number of aromatic nitrogens is 2. The Morgan fingerprint density at radius 2 is 2.35 bits per heavy atom. The van der Waals surface area contributed by atoms with E-state index in [-0.39, 0.29) is 23.3 Å². The summed E-state index contributed by atoms with van der Waals surface area (Å²) in [7, 11) is 0. The smallest absolute Gasteiger partial charge is 0.346 e. The van der Waals surface area contributed by atoms with Crippen LogP contribution in [0.1, 0.15) is 15.6 Å². The zero-order chi connectivity index (χ0) is 13.9. The predicted octanol–water partition coefficient (Wildman–Crippen LogP) is 2.67. The van der Waals surface area contributed by atoms with Crippen LogP contribution in [0.3, 0.4) is 0 Å². The van der Waals surface area contributed by atoms with Gasteiger partial charge in [-0.05, 0) is 12.1 Å². The van der Waals surface area contributed by atoms with Crippen LogP contribution < -0.4 is 4.74 Å². The molecule has 0 saturated heterocycles. The number of ether oxygens (including phenoxy) is 1. The van der Waals surface area contributed by atoms with E-state index in [0.717, 1.165) is 11.3 Å². The molecular weight excluding hydrogens is 284 g/mol. The Bertz CT molecular complexity index is 716. The Kier molecular flexibility index (Phi) is 3.21. The van der Waals surface area contributed by atoms with Crippen molar-refractivity contribution in [2.45, 2.75) is 6.61 Å². The number of hydrogen-bond acceptors (Lipinski definition) is 7. The van der Waals surface area contributed by atoms with Crippen molar-refractivity contribution in [2.75, 3.05) is 0 Å². The van der Waals surface area contributed by atoms with Gasteiger partial charge in [-0.1, -0.05) is 0 Å². The van der Waals surface area contributed by atoms with Crippen molar-refractivity contribution in [1.82, 2.24) is 10.2 Å². The standard InChI is InChI=1S/C12H8N2O5S/c15-12(16)9-4-7(6-20-9)18-5-10-13-14-11(19-10)8-2-1-3-17-8/h1-4,6H,5H2,(H,15,16). The molecule has 0 aromatic carbocycles. The molecule has 0 radical (unpaired) electrons. The predicted molar refractivity (Wildman–Crippen MR) is 67.6 cm³/mol. The molecule has 0 unspecified atom stereocenters. The third-order valence-electron chi connectivity index (χ3n) is 2.35. The lowest BCUT2D eigenvalue weighted by molar-refractivity contribution is 0.0702. The molecule has 0 saturated carbocycles. The molecule has 0 aliphatic rings. The number of furan rings is 1. The van der Waals surface area contributed by atoms with Crippen LogP contribution >= 0.6 is 11.3 Å². The maximum atomic E-state index is 10.7. The van der Waals surface area contributed by atoms with E-state index < -0.39 is 5.97 Å². The molecule has 102 valence electrons. The fourth-order valence-corrected chi connectivity index (χ4v) is 2.13. The quantitative estimate of drug-likeness (QED) is 0.771. The summed E-state index contributed by atoms with van der Waals surface area (Å²) in [5.74, 6) is 0.491. The molecule has 0 fully saturated rings. The van der Waals surface area contributed by atoms with Crippen LogP contribution in [0.5, 0.6) is 5.75 Å². The maximum absolute atomic E-state index is 10.7. The molecule has 0 atom stereocenters. The van der Waals surface area contributed by atoms with Gasteiger partial charge in [0.15, 0.2) is 12.4 Å². The largest absolute Gasteiger partial charge is 0.483 e. The van der Waals surface area contributed by atoms with E-state index in [4.69, 9.17) is 18.7 Å². The topological polar surface area (TPSA) is 98.6 Å². The van der Waals surface area contributed by atoms with Gasteiger partial charge in [0.2, 0.25) is 0 Å². The first-order chi connectivity index (χ1) is 9.72. The van der Waals surface area contributed by atoms with Crippen LogP contribution in [0.2, 0.25) is 0 Å². The zero-order valence-corrected chi connectivity index (χ0v) is 10.8. The molecule has 3 heterocycles. The molecule has 0 aliphatic carbocycles. The summed E-state index contributed by atoms with van der Waals surface area (Å²) in [4.78, 5) is 10.9. The van der Waals surface area contributed by atoms with Crippen LogP contribution in [0.15, 0.2) is 38.7 Å². The van der Waals surface area contributed by atoms with Crippen LogP contribution in [0, 0.1) is 0 Å². The van der Waals surface area contributed by atoms with Crippen LogP contribution in [-0.2, 0) is 6.61 Å². The summed E-state index contributed by atoms with van der Waals surface area (Å²) in [5, 5.41) is 18.0. The fraction of sp³-hybridized carbons (Fsp3) is 0.0833. The van der Waals surface area contributed by atoms with Crippen molar-refractivity contribution in [3.63, 3.8) is 0 Å². The lowest BCUT2D eigenvalue weighted by Crippen LogP contribution is -1.95. The van der Waals surface area contributed by atoms with Gasteiger partial charge in [-0.15, -0.1) is 21.5 Å². The number of carbonyl (C=O) groups is 1. The lowest BCUT2D eigenvalue weighted by Gasteiger charge is -1.98. The number of nitrogens with zero attached hydrogens (tertiary/aromatic N) is 2. The van der Waals surface area contributed by atoms with Crippen LogP contribution in [0.25, 0.3) is 11.7 Å². The molecular formula is C12H8N2O5S. The minimum Gasteiger partial charge on any atom is -0.483 e. The van der Waals surface area contributed by atoms with Crippen LogP contribution in [-0.4, -0.2) is 21.3 Å². The Hall–Kier alpha value is -2.61. The molecule has 0 bridgehead atoms. The van der Waals surface area contributed by atoms with Crippen molar-refractivity contribution >= 4 is 17.3 Å². The first kappa shape index (κ1) is 12.4. The fourth-order valence-electron chi connectivity index (χ4n) is 1.46. The van der Waals surface area contributed by atoms with Crippen molar-refractivity contribution in [3.05, 3.63) is 40.6 Å². The molecule has 3 aromatic heterocycles. The van der Waals surface area contributed by atoms with Crippen molar-refractivity contribution in [3.8, 4) is 17.4 Å². The van der Waals surface area contributed by atoms with Gasteiger partial charge < -0.3 is 18.7 Å². The summed E-state index contributed by atoms with van der Waals surface area (Å²) >= 11 is 1.09. The average molecular weight is 292 g/mol. The normalized spacial score (nSPS) is 10.6. The van der Waals surface area contributed by atoms with Gasteiger partial charge in [-0.2, -0.15) is 0 Å². The number of aromatic carboxylic acids is 1. The maximum Gasteiger partial charge on any atom is 0.346 e. The summed E-state index contributed by atoms with van der Waals surface area (Å²) < 4.78 is 15.8. The number of thiophene rings is 1. The highest BCUT2D eigenvalue weighted by atomic mass is 32.1. The highest BCUT2D eigenvalue weighted by Gasteiger charge is 2.12.